The summed E-state index contributed by atoms with van der Waals surface area (Å²) < 4.78 is 0. The SMILES string of the molecule is CC1CCC(C(CN)N(C)CCc2ccccn2)CC1. The molecule has 0 spiro atoms. The number of rotatable bonds is 6. The van der Waals surface area contributed by atoms with Crippen molar-refractivity contribution in [3.8, 4) is 0 Å². The first-order valence-electron chi connectivity index (χ1n) is 8.01. The van der Waals surface area contributed by atoms with E-state index in [0.717, 1.165) is 31.3 Å². The van der Waals surface area contributed by atoms with Crippen LogP contribution < -0.4 is 5.73 Å². The molecule has 0 bridgehead atoms. The van der Waals surface area contributed by atoms with E-state index in [9.17, 15) is 0 Å². The van der Waals surface area contributed by atoms with Gasteiger partial charge < -0.3 is 10.6 Å². The van der Waals surface area contributed by atoms with Crippen LogP contribution in [-0.4, -0.2) is 36.1 Å². The Morgan fingerprint density at radius 3 is 2.65 bits per heavy atom. The highest BCUT2D eigenvalue weighted by atomic mass is 15.1. The smallest absolute Gasteiger partial charge is 0.0416 e. The van der Waals surface area contributed by atoms with Gasteiger partial charge in [-0.15, -0.1) is 0 Å². The molecule has 0 saturated heterocycles. The molecule has 20 heavy (non-hydrogen) atoms. The van der Waals surface area contributed by atoms with Gasteiger partial charge in [0.25, 0.3) is 0 Å². The number of hydrogen-bond acceptors (Lipinski definition) is 3. The minimum Gasteiger partial charge on any atom is -0.329 e. The van der Waals surface area contributed by atoms with Crippen molar-refractivity contribution in [3.63, 3.8) is 0 Å². The lowest BCUT2D eigenvalue weighted by Gasteiger charge is -2.37. The summed E-state index contributed by atoms with van der Waals surface area (Å²) in [7, 11) is 2.22. The topological polar surface area (TPSA) is 42.1 Å². The van der Waals surface area contributed by atoms with E-state index in [-0.39, 0.29) is 0 Å². The Hall–Kier alpha value is -0.930. The highest BCUT2D eigenvalue weighted by molar-refractivity contribution is 5.03. The van der Waals surface area contributed by atoms with Crippen LogP contribution in [0.2, 0.25) is 0 Å². The lowest BCUT2D eigenvalue weighted by atomic mass is 9.79. The molecule has 1 aromatic rings. The van der Waals surface area contributed by atoms with E-state index >= 15 is 0 Å². The van der Waals surface area contributed by atoms with Crippen LogP contribution >= 0.6 is 0 Å². The monoisotopic (exact) mass is 275 g/mol. The molecular formula is C17H29N3. The number of pyridine rings is 1. The van der Waals surface area contributed by atoms with Gasteiger partial charge in [0, 0.05) is 37.4 Å². The Bertz CT molecular complexity index is 371. The van der Waals surface area contributed by atoms with Crippen molar-refractivity contribution in [2.24, 2.45) is 17.6 Å². The zero-order chi connectivity index (χ0) is 14.4. The van der Waals surface area contributed by atoms with Crippen LogP contribution in [-0.2, 0) is 6.42 Å². The minimum atomic E-state index is 0.534. The van der Waals surface area contributed by atoms with Gasteiger partial charge in [0.2, 0.25) is 0 Å². The Morgan fingerprint density at radius 2 is 2.05 bits per heavy atom. The second-order valence-corrected chi connectivity index (χ2v) is 6.37. The van der Waals surface area contributed by atoms with Crippen molar-refractivity contribution in [1.82, 2.24) is 9.88 Å². The Morgan fingerprint density at radius 1 is 1.30 bits per heavy atom. The molecule has 1 heterocycles. The lowest BCUT2D eigenvalue weighted by Crippen LogP contribution is -2.45. The molecule has 1 aliphatic carbocycles. The van der Waals surface area contributed by atoms with Gasteiger partial charge in [-0.2, -0.15) is 0 Å². The zero-order valence-electron chi connectivity index (χ0n) is 13.0. The average molecular weight is 275 g/mol. The third-order valence-corrected chi connectivity index (χ3v) is 4.86. The lowest BCUT2D eigenvalue weighted by molar-refractivity contribution is 0.136. The molecule has 1 aliphatic rings. The minimum absolute atomic E-state index is 0.534. The van der Waals surface area contributed by atoms with Crippen molar-refractivity contribution < 1.29 is 0 Å². The van der Waals surface area contributed by atoms with Crippen LogP contribution in [0.3, 0.4) is 0 Å². The Labute approximate surface area is 123 Å². The van der Waals surface area contributed by atoms with Crippen molar-refractivity contribution in [2.75, 3.05) is 20.1 Å². The van der Waals surface area contributed by atoms with Gasteiger partial charge in [0.05, 0.1) is 0 Å². The summed E-state index contributed by atoms with van der Waals surface area (Å²) in [6.07, 6.45) is 8.31. The van der Waals surface area contributed by atoms with E-state index < -0.39 is 0 Å². The largest absolute Gasteiger partial charge is 0.329 e. The molecule has 0 aromatic carbocycles. The summed E-state index contributed by atoms with van der Waals surface area (Å²) in [4.78, 5) is 6.85. The normalized spacial score (nSPS) is 24.8. The molecule has 1 atom stereocenters. The number of nitrogens with zero attached hydrogens (tertiary/aromatic N) is 2. The standard InChI is InChI=1S/C17H29N3/c1-14-6-8-15(9-7-14)17(13-18)20(2)12-10-16-5-3-4-11-19-16/h3-5,11,14-15,17H,6-10,12-13,18H2,1-2H3. The van der Waals surface area contributed by atoms with Crippen molar-refractivity contribution in [1.29, 1.82) is 0 Å². The average Bonchev–Trinajstić information content (AvgIpc) is 2.49. The van der Waals surface area contributed by atoms with E-state index in [1.807, 2.05) is 12.3 Å². The molecule has 2 N–H and O–H groups in total. The maximum Gasteiger partial charge on any atom is 0.0416 e. The van der Waals surface area contributed by atoms with Gasteiger partial charge >= 0.3 is 0 Å². The first kappa shape index (κ1) is 15.5. The highest BCUT2D eigenvalue weighted by Gasteiger charge is 2.27. The molecule has 1 saturated carbocycles. The summed E-state index contributed by atoms with van der Waals surface area (Å²) in [6.45, 7) is 4.20. The maximum absolute atomic E-state index is 6.05. The number of nitrogens with two attached hydrogens (primary N) is 1. The first-order valence-corrected chi connectivity index (χ1v) is 8.01. The number of hydrogen-bond donors (Lipinski definition) is 1. The summed E-state index contributed by atoms with van der Waals surface area (Å²) in [5.41, 5.74) is 7.22. The van der Waals surface area contributed by atoms with E-state index in [2.05, 4.69) is 36.0 Å². The quantitative estimate of drug-likeness (QED) is 0.868. The summed E-state index contributed by atoms with van der Waals surface area (Å²) in [5, 5.41) is 0. The highest BCUT2D eigenvalue weighted by Crippen LogP contribution is 2.31. The van der Waals surface area contributed by atoms with Crippen LogP contribution in [0.4, 0.5) is 0 Å². The fourth-order valence-electron chi connectivity index (χ4n) is 3.41. The van der Waals surface area contributed by atoms with Gasteiger partial charge in [-0.1, -0.05) is 25.8 Å². The van der Waals surface area contributed by atoms with E-state index in [1.54, 1.807) is 0 Å². The predicted molar refractivity (Wildman–Crippen MR) is 84.5 cm³/mol. The van der Waals surface area contributed by atoms with E-state index in [1.165, 1.54) is 31.4 Å². The molecule has 3 nitrogen and oxygen atoms in total. The van der Waals surface area contributed by atoms with Crippen molar-refractivity contribution in [2.45, 2.75) is 45.1 Å². The second-order valence-electron chi connectivity index (χ2n) is 6.37. The molecule has 1 unspecified atom stereocenters. The molecule has 0 radical (unpaired) electrons. The van der Waals surface area contributed by atoms with Gasteiger partial charge in [0.1, 0.15) is 0 Å². The molecule has 0 aliphatic heterocycles. The molecule has 1 aromatic heterocycles. The third kappa shape index (κ3) is 4.29. The van der Waals surface area contributed by atoms with E-state index in [4.69, 9.17) is 5.73 Å². The van der Waals surface area contributed by atoms with Crippen molar-refractivity contribution in [3.05, 3.63) is 30.1 Å². The van der Waals surface area contributed by atoms with Crippen LogP contribution in [0.25, 0.3) is 0 Å². The first-order chi connectivity index (χ1) is 9.70. The number of likely N-dealkylation sites (N-methyl/N-ethyl adjacent to an activating group) is 1. The molecule has 0 amide bonds. The molecule has 112 valence electrons. The van der Waals surface area contributed by atoms with Gasteiger partial charge in [-0.3, -0.25) is 4.98 Å². The molecular weight excluding hydrogens is 246 g/mol. The molecule has 2 rings (SSSR count). The third-order valence-electron chi connectivity index (χ3n) is 4.86. The van der Waals surface area contributed by atoms with Gasteiger partial charge in [-0.05, 0) is 43.9 Å². The van der Waals surface area contributed by atoms with Crippen molar-refractivity contribution >= 4 is 0 Å². The summed E-state index contributed by atoms with van der Waals surface area (Å²) >= 11 is 0. The maximum atomic E-state index is 6.05. The Kier molecular flexibility index (Phi) is 5.99. The summed E-state index contributed by atoms with van der Waals surface area (Å²) in [5.74, 6) is 1.69. The van der Waals surface area contributed by atoms with Crippen LogP contribution in [0, 0.1) is 11.8 Å². The Balaban J connectivity index is 1.84. The zero-order valence-corrected chi connectivity index (χ0v) is 13.0. The van der Waals surface area contributed by atoms with Gasteiger partial charge in [-0.25, -0.2) is 0 Å². The van der Waals surface area contributed by atoms with Crippen LogP contribution in [0.1, 0.15) is 38.3 Å². The summed E-state index contributed by atoms with van der Waals surface area (Å²) in [6, 6.07) is 6.67. The van der Waals surface area contributed by atoms with E-state index in [0.29, 0.717) is 6.04 Å². The fourth-order valence-corrected chi connectivity index (χ4v) is 3.41. The number of aromatic nitrogens is 1. The van der Waals surface area contributed by atoms with Crippen LogP contribution in [0.15, 0.2) is 24.4 Å². The predicted octanol–water partition coefficient (Wildman–Crippen LogP) is 2.71. The molecule has 1 fully saturated rings. The fraction of sp³-hybridized carbons (Fsp3) is 0.706. The van der Waals surface area contributed by atoms with Gasteiger partial charge in [0.15, 0.2) is 0 Å². The molecule has 3 heteroatoms. The second kappa shape index (κ2) is 7.75. The van der Waals surface area contributed by atoms with Crippen LogP contribution in [0.5, 0.6) is 0 Å².